The van der Waals surface area contributed by atoms with E-state index in [9.17, 15) is 23.1 Å². The van der Waals surface area contributed by atoms with Gasteiger partial charge in [-0.3, -0.25) is 4.79 Å². The monoisotopic (exact) mass is 292 g/mol. The van der Waals surface area contributed by atoms with E-state index in [0.29, 0.717) is 25.7 Å². The first-order chi connectivity index (χ1) is 9.35. The van der Waals surface area contributed by atoms with Gasteiger partial charge in [-0.05, 0) is 38.6 Å². The van der Waals surface area contributed by atoms with E-state index in [1.165, 1.54) is 4.90 Å². The summed E-state index contributed by atoms with van der Waals surface area (Å²) in [4.78, 5) is 14.1. The zero-order chi connectivity index (χ0) is 14.5. The number of aliphatic hydroxyl groups is 1. The highest BCUT2D eigenvalue weighted by Crippen LogP contribution is 2.47. The highest BCUT2D eigenvalue weighted by molar-refractivity contribution is 5.85. The lowest BCUT2D eigenvalue weighted by Crippen LogP contribution is -2.58. The lowest BCUT2D eigenvalue weighted by molar-refractivity contribution is -0.224. The average molecular weight is 292 g/mol. The summed E-state index contributed by atoms with van der Waals surface area (Å²) in [5.74, 6) is -0.783. The molecule has 1 amide bonds. The quantitative estimate of drug-likeness (QED) is 0.759. The van der Waals surface area contributed by atoms with E-state index in [4.69, 9.17) is 0 Å². The minimum Gasteiger partial charge on any atom is -0.393 e. The van der Waals surface area contributed by atoms with Gasteiger partial charge >= 0.3 is 6.18 Å². The summed E-state index contributed by atoms with van der Waals surface area (Å²) in [7, 11) is 0. The van der Waals surface area contributed by atoms with Crippen molar-refractivity contribution >= 4 is 5.91 Å². The Labute approximate surface area is 115 Å². The van der Waals surface area contributed by atoms with E-state index in [0.717, 1.165) is 0 Å². The third-order valence-electron chi connectivity index (χ3n) is 5.05. The van der Waals surface area contributed by atoms with Gasteiger partial charge in [0.25, 0.3) is 0 Å². The van der Waals surface area contributed by atoms with E-state index >= 15 is 0 Å². The first kappa shape index (κ1) is 14.1. The van der Waals surface area contributed by atoms with E-state index in [-0.39, 0.29) is 31.6 Å². The lowest BCUT2D eigenvalue weighted by Gasteiger charge is -2.42. The van der Waals surface area contributed by atoms with Gasteiger partial charge in [0, 0.05) is 18.6 Å². The van der Waals surface area contributed by atoms with E-state index in [1.807, 2.05) is 0 Å². The highest BCUT2D eigenvalue weighted by atomic mass is 19.4. The van der Waals surface area contributed by atoms with Crippen LogP contribution in [0.2, 0.25) is 0 Å². The minimum absolute atomic E-state index is 0.187. The maximum Gasteiger partial charge on any atom is 0.404 e. The van der Waals surface area contributed by atoms with Gasteiger partial charge in [0.05, 0.1) is 6.10 Å². The van der Waals surface area contributed by atoms with Crippen LogP contribution in [0, 0.1) is 5.41 Å². The van der Waals surface area contributed by atoms with Crippen LogP contribution in [0.15, 0.2) is 0 Å². The third-order valence-corrected chi connectivity index (χ3v) is 5.05. The van der Waals surface area contributed by atoms with E-state index < -0.39 is 23.6 Å². The second-order valence-corrected chi connectivity index (χ2v) is 6.23. The molecule has 4 nitrogen and oxygen atoms in total. The number of aliphatic hydroxyl groups excluding tert-OH is 1. The number of nitrogens with one attached hydrogen (secondary N) is 1. The summed E-state index contributed by atoms with van der Waals surface area (Å²) < 4.78 is 40.3. The molecular weight excluding hydrogens is 273 g/mol. The standard InChI is InChI=1S/C13H19F3N2O2/c14-13(15,16)12(3-4-17-7-12)11(20)18-8-1-2-9(18)6-10(19)5-8/h8-10,17,19H,1-7H2. The van der Waals surface area contributed by atoms with Crippen molar-refractivity contribution in [1.82, 2.24) is 10.2 Å². The van der Waals surface area contributed by atoms with Crippen LogP contribution in [-0.4, -0.2) is 53.4 Å². The summed E-state index contributed by atoms with van der Waals surface area (Å²) >= 11 is 0. The van der Waals surface area contributed by atoms with E-state index in [1.54, 1.807) is 0 Å². The van der Waals surface area contributed by atoms with Crippen LogP contribution in [0.25, 0.3) is 0 Å². The smallest absolute Gasteiger partial charge is 0.393 e. The number of carbonyl (C=O) groups is 1. The van der Waals surface area contributed by atoms with Crippen LogP contribution in [0.4, 0.5) is 13.2 Å². The van der Waals surface area contributed by atoms with Gasteiger partial charge in [-0.1, -0.05) is 0 Å². The molecule has 3 saturated heterocycles. The Balaban J connectivity index is 1.88. The fourth-order valence-electron chi connectivity index (χ4n) is 3.96. The first-order valence-corrected chi connectivity index (χ1v) is 7.13. The number of piperidine rings is 1. The molecule has 3 rings (SSSR count). The summed E-state index contributed by atoms with van der Waals surface area (Å²) in [5.41, 5.74) is -2.27. The zero-order valence-corrected chi connectivity index (χ0v) is 11.1. The molecule has 3 fully saturated rings. The fourth-order valence-corrected chi connectivity index (χ4v) is 3.96. The third kappa shape index (κ3) is 1.94. The molecule has 7 heteroatoms. The van der Waals surface area contributed by atoms with Gasteiger partial charge in [0.2, 0.25) is 5.91 Å². The second kappa shape index (κ2) is 4.59. The van der Waals surface area contributed by atoms with Gasteiger partial charge in [-0.15, -0.1) is 0 Å². The number of rotatable bonds is 1. The molecule has 3 aliphatic rings. The SMILES string of the molecule is O=C(N1C2CCC1CC(O)C2)C1(C(F)(F)F)CCNC1. The summed E-state index contributed by atoms with van der Waals surface area (Å²) in [6.07, 6.45) is -2.98. The average Bonchev–Trinajstić information content (AvgIpc) is 2.93. The van der Waals surface area contributed by atoms with Crippen LogP contribution in [-0.2, 0) is 4.79 Å². The lowest BCUT2D eigenvalue weighted by atomic mass is 9.83. The van der Waals surface area contributed by atoms with Crippen molar-refractivity contribution in [3.05, 3.63) is 0 Å². The number of nitrogens with zero attached hydrogens (tertiary/aromatic N) is 1. The van der Waals surface area contributed by atoms with Crippen LogP contribution in [0.3, 0.4) is 0 Å². The Kier molecular flexibility index (Phi) is 3.25. The molecule has 0 aromatic rings. The Morgan fingerprint density at radius 3 is 2.30 bits per heavy atom. The largest absolute Gasteiger partial charge is 0.404 e. The molecule has 0 aliphatic carbocycles. The topological polar surface area (TPSA) is 52.6 Å². The molecule has 0 spiro atoms. The van der Waals surface area contributed by atoms with Gasteiger partial charge in [0.1, 0.15) is 0 Å². The molecule has 3 aliphatic heterocycles. The van der Waals surface area contributed by atoms with Crippen molar-refractivity contribution in [2.45, 2.75) is 56.5 Å². The number of hydrogen-bond acceptors (Lipinski definition) is 3. The van der Waals surface area contributed by atoms with Gasteiger partial charge < -0.3 is 15.3 Å². The predicted octanol–water partition coefficient (Wildman–Crippen LogP) is 1.04. The Bertz CT molecular complexity index is 393. The molecule has 3 heterocycles. The van der Waals surface area contributed by atoms with Crippen molar-refractivity contribution in [3.8, 4) is 0 Å². The molecule has 3 unspecified atom stereocenters. The molecule has 0 aromatic heterocycles. The molecule has 2 bridgehead atoms. The predicted molar refractivity (Wildman–Crippen MR) is 64.9 cm³/mol. The maximum absolute atomic E-state index is 13.4. The van der Waals surface area contributed by atoms with Crippen molar-refractivity contribution in [1.29, 1.82) is 0 Å². The highest BCUT2D eigenvalue weighted by Gasteiger charge is 2.64. The van der Waals surface area contributed by atoms with Crippen LogP contribution in [0.5, 0.6) is 0 Å². The molecule has 0 aromatic carbocycles. The van der Waals surface area contributed by atoms with Gasteiger partial charge in [-0.25, -0.2) is 0 Å². The van der Waals surface area contributed by atoms with Gasteiger partial charge in [0.15, 0.2) is 5.41 Å². The number of amides is 1. The summed E-state index contributed by atoms with van der Waals surface area (Å²) in [6, 6.07) is -0.452. The van der Waals surface area contributed by atoms with Crippen LogP contribution in [0.1, 0.15) is 32.1 Å². The van der Waals surface area contributed by atoms with Crippen molar-refractivity contribution < 1.29 is 23.1 Å². The summed E-state index contributed by atoms with van der Waals surface area (Å²) in [5, 5.41) is 12.4. The van der Waals surface area contributed by atoms with Gasteiger partial charge in [-0.2, -0.15) is 13.2 Å². The number of carbonyl (C=O) groups excluding carboxylic acids is 1. The second-order valence-electron chi connectivity index (χ2n) is 6.23. The minimum atomic E-state index is -4.52. The molecule has 0 radical (unpaired) electrons. The normalized spacial score (nSPS) is 41.2. The fraction of sp³-hybridized carbons (Fsp3) is 0.923. The Morgan fingerprint density at radius 1 is 1.25 bits per heavy atom. The molecular formula is C13H19F3N2O2. The van der Waals surface area contributed by atoms with Crippen molar-refractivity contribution in [2.24, 2.45) is 5.41 Å². The number of hydrogen-bond donors (Lipinski definition) is 2. The number of alkyl halides is 3. The van der Waals surface area contributed by atoms with Crippen molar-refractivity contribution in [2.75, 3.05) is 13.1 Å². The molecule has 20 heavy (non-hydrogen) atoms. The first-order valence-electron chi connectivity index (χ1n) is 7.13. The van der Waals surface area contributed by atoms with Crippen molar-refractivity contribution in [3.63, 3.8) is 0 Å². The zero-order valence-electron chi connectivity index (χ0n) is 11.1. The molecule has 2 N–H and O–H groups in total. The van der Waals surface area contributed by atoms with Crippen LogP contribution >= 0.6 is 0 Å². The molecule has 3 atom stereocenters. The number of fused-ring (bicyclic) bond motifs is 2. The van der Waals surface area contributed by atoms with E-state index in [2.05, 4.69) is 5.32 Å². The molecule has 114 valence electrons. The Morgan fingerprint density at radius 2 is 1.85 bits per heavy atom. The van der Waals surface area contributed by atoms with Crippen LogP contribution < -0.4 is 5.32 Å². The Hall–Kier alpha value is -0.820. The summed E-state index contributed by atoms with van der Waals surface area (Å²) in [6.45, 7) is -0.106. The number of halogens is 3. The maximum atomic E-state index is 13.4. The molecule has 0 saturated carbocycles.